The van der Waals surface area contributed by atoms with Gasteiger partial charge in [0.1, 0.15) is 10.7 Å². The maximum Gasteiger partial charge on any atom is 0.259 e. The number of H-pyrrole nitrogens is 1. The summed E-state index contributed by atoms with van der Waals surface area (Å²) in [5, 5.41) is 3.71. The van der Waals surface area contributed by atoms with Gasteiger partial charge in [-0.3, -0.25) is 9.59 Å². The number of aryl methyl sites for hydroxylation is 3. The average Bonchev–Trinajstić information content (AvgIpc) is 3.05. The molecular weight excluding hydrogens is 370 g/mol. The molecule has 2 heterocycles. The lowest BCUT2D eigenvalue weighted by molar-refractivity contribution is -0.116. The summed E-state index contributed by atoms with van der Waals surface area (Å²) in [5.41, 5.74) is 3.12. The van der Waals surface area contributed by atoms with E-state index in [9.17, 15) is 9.59 Å². The Morgan fingerprint density at radius 2 is 2.11 bits per heavy atom. The first-order valence-electron chi connectivity index (χ1n) is 9.94. The second-order valence-corrected chi connectivity index (χ2v) is 8.82. The van der Waals surface area contributed by atoms with E-state index in [0.717, 1.165) is 35.2 Å². The van der Waals surface area contributed by atoms with Crippen LogP contribution >= 0.6 is 11.3 Å². The molecule has 0 radical (unpaired) electrons. The van der Waals surface area contributed by atoms with Gasteiger partial charge in [0.15, 0.2) is 0 Å². The van der Waals surface area contributed by atoms with Crippen LogP contribution < -0.4 is 10.9 Å². The van der Waals surface area contributed by atoms with Crippen LogP contribution in [0.5, 0.6) is 0 Å². The molecule has 0 saturated heterocycles. The Morgan fingerprint density at radius 1 is 1.29 bits per heavy atom. The summed E-state index contributed by atoms with van der Waals surface area (Å²) >= 11 is 1.64. The van der Waals surface area contributed by atoms with Crippen LogP contribution in [-0.4, -0.2) is 15.9 Å². The van der Waals surface area contributed by atoms with Crippen molar-refractivity contribution in [1.82, 2.24) is 9.97 Å². The number of hydrogen-bond acceptors (Lipinski definition) is 4. The topological polar surface area (TPSA) is 74.8 Å². The van der Waals surface area contributed by atoms with Crippen LogP contribution in [0.2, 0.25) is 0 Å². The quantitative estimate of drug-likeness (QED) is 0.665. The molecule has 4 rings (SSSR count). The number of carbonyl (C=O) groups excluding carboxylic acids is 1. The molecule has 2 N–H and O–H groups in total. The zero-order valence-electron chi connectivity index (χ0n) is 16.3. The van der Waals surface area contributed by atoms with Crippen molar-refractivity contribution >= 4 is 33.1 Å². The van der Waals surface area contributed by atoms with Gasteiger partial charge < -0.3 is 10.3 Å². The molecule has 28 heavy (non-hydrogen) atoms. The number of aromatic nitrogens is 2. The van der Waals surface area contributed by atoms with Crippen LogP contribution in [0, 0.1) is 0 Å². The van der Waals surface area contributed by atoms with Crippen LogP contribution in [0.4, 0.5) is 5.69 Å². The van der Waals surface area contributed by atoms with E-state index in [2.05, 4.69) is 35.2 Å². The number of nitrogens with zero attached hydrogens (tertiary/aromatic N) is 1. The second kappa shape index (κ2) is 7.87. The fourth-order valence-electron chi connectivity index (χ4n) is 3.76. The van der Waals surface area contributed by atoms with Crippen LogP contribution in [0.15, 0.2) is 29.1 Å². The Hall–Kier alpha value is -2.47. The van der Waals surface area contributed by atoms with Crippen LogP contribution in [0.3, 0.4) is 0 Å². The lowest BCUT2D eigenvalue weighted by atomic mass is 9.97. The monoisotopic (exact) mass is 395 g/mol. The summed E-state index contributed by atoms with van der Waals surface area (Å²) in [5.74, 6) is 0.922. The van der Waals surface area contributed by atoms with Crippen LogP contribution in [0.25, 0.3) is 10.2 Å². The lowest BCUT2D eigenvalue weighted by Crippen LogP contribution is -2.16. The summed E-state index contributed by atoms with van der Waals surface area (Å²) in [4.78, 5) is 34.6. The molecule has 0 fully saturated rings. The van der Waals surface area contributed by atoms with E-state index in [-0.39, 0.29) is 17.9 Å². The van der Waals surface area contributed by atoms with Crippen molar-refractivity contribution in [3.63, 3.8) is 0 Å². The van der Waals surface area contributed by atoms with Gasteiger partial charge in [-0.1, -0.05) is 26.0 Å². The Balaban J connectivity index is 1.46. The highest BCUT2D eigenvalue weighted by molar-refractivity contribution is 7.18. The maximum atomic E-state index is 12.6. The third kappa shape index (κ3) is 3.87. The molecule has 0 atom stereocenters. The van der Waals surface area contributed by atoms with Crippen molar-refractivity contribution in [3.8, 4) is 0 Å². The van der Waals surface area contributed by atoms with Gasteiger partial charge in [-0.15, -0.1) is 11.3 Å². The number of nitrogens with one attached hydrogen (secondary N) is 2. The lowest BCUT2D eigenvalue weighted by Gasteiger charge is -2.10. The number of hydrogen-bond donors (Lipinski definition) is 2. The minimum absolute atomic E-state index is 0.0653. The SMILES string of the molecule is CC(C)c1cccc(NC(=O)CCc2nc3sc4c(c3c(=O)[nH]2)CCCC4)c1. The van der Waals surface area contributed by atoms with Gasteiger partial charge in [0.2, 0.25) is 5.91 Å². The normalized spacial score (nSPS) is 13.7. The maximum absolute atomic E-state index is 12.6. The molecule has 5 nitrogen and oxygen atoms in total. The molecule has 1 aliphatic rings. The number of carbonyl (C=O) groups is 1. The highest BCUT2D eigenvalue weighted by Crippen LogP contribution is 2.33. The van der Waals surface area contributed by atoms with E-state index in [1.807, 2.05) is 18.2 Å². The molecule has 1 amide bonds. The van der Waals surface area contributed by atoms with E-state index < -0.39 is 0 Å². The van der Waals surface area contributed by atoms with Crippen molar-refractivity contribution in [1.29, 1.82) is 0 Å². The second-order valence-electron chi connectivity index (χ2n) is 7.73. The summed E-state index contributed by atoms with van der Waals surface area (Å²) in [7, 11) is 0. The minimum atomic E-state index is -0.0749. The number of anilines is 1. The fourth-order valence-corrected chi connectivity index (χ4v) is 5.04. The summed E-state index contributed by atoms with van der Waals surface area (Å²) in [6.07, 6.45) is 5.04. The molecule has 0 unspecified atom stereocenters. The van der Waals surface area contributed by atoms with E-state index in [1.165, 1.54) is 22.4 Å². The van der Waals surface area contributed by atoms with Crippen molar-refractivity contribution in [2.75, 3.05) is 5.32 Å². The van der Waals surface area contributed by atoms with Gasteiger partial charge in [-0.25, -0.2) is 4.98 Å². The Kier molecular flexibility index (Phi) is 5.31. The van der Waals surface area contributed by atoms with Gasteiger partial charge >= 0.3 is 0 Å². The molecule has 3 aromatic rings. The van der Waals surface area contributed by atoms with Crippen LogP contribution in [-0.2, 0) is 24.1 Å². The van der Waals surface area contributed by atoms with Crippen molar-refractivity contribution in [2.45, 2.75) is 58.3 Å². The van der Waals surface area contributed by atoms with Gasteiger partial charge in [0, 0.05) is 23.4 Å². The predicted octanol–water partition coefficient (Wildman–Crippen LogP) is 4.56. The van der Waals surface area contributed by atoms with Gasteiger partial charge in [0.05, 0.1) is 5.39 Å². The molecule has 0 saturated carbocycles. The van der Waals surface area contributed by atoms with E-state index >= 15 is 0 Å². The number of benzene rings is 1. The highest BCUT2D eigenvalue weighted by Gasteiger charge is 2.19. The highest BCUT2D eigenvalue weighted by atomic mass is 32.1. The summed E-state index contributed by atoms with van der Waals surface area (Å²) in [6, 6.07) is 7.92. The van der Waals surface area contributed by atoms with Gasteiger partial charge in [-0.05, 0) is 54.9 Å². The predicted molar refractivity (Wildman–Crippen MR) is 114 cm³/mol. The van der Waals surface area contributed by atoms with E-state index in [1.54, 1.807) is 11.3 Å². The Labute approximate surface area is 168 Å². The molecule has 2 aromatic heterocycles. The molecule has 6 heteroatoms. The van der Waals surface area contributed by atoms with Crippen molar-refractivity contribution in [2.24, 2.45) is 0 Å². The first kappa shape index (κ1) is 18.9. The number of rotatable bonds is 5. The Morgan fingerprint density at radius 3 is 2.93 bits per heavy atom. The van der Waals surface area contributed by atoms with Gasteiger partial charge in [-0.2, -0.15) is 0 Å². The number of fused-ring (bicyclic) bond motifs is 3. The first-order chi connectivity index (χ1) is 13.5. The van der Waals surface area contributed by atoms with E-state index in [4.69, 9.17) is 0 Å². The zero-order valence-corrected chi connectivity index (χ0v) is 17.1. The smallest absolute Gasteiger partial charge is 0.259 e. The third-order valence-corrected chi connectivity index (χ3v) is 6.49. The molecule has 1 aliphatic carbocycles. The Bertz CT molecular complexity index is 1080. The van der Waals surface area contributed by atoms with Crippen molar-refractivity contribution < 1.29 is 4.79 Å². The summed E-state index contributed by atoms with van der Waals surface area (Å²) < 4.78 is 0. The summed E-state index contributed by atoms with van der Waals surface area (Å²) in [6.45, 7) is 4.25. The number of amides is 1. The van der Waals surface area contributed by atoms with Crippen LogP contribution in [0.1, 0.15) is 60.9 Å². The fraction of sp³-hybridized carbons (Fsp3) is 0.409. The third-order valence-electron chi connectivity index (χ3n) is 5.30. The molecule has 0 bridgehead atoms. The molecule has 146 valence electrons. The molecule has 0 aliphatic heterocycles. The zero-order chi connectivity index (χ0) is 19.7. The number of thiophene rings is 1. The average molecular weight is 396 g/mol. The number of aromatic amines is 1. The minimum Gasteiger partial charge on any atom is -0.326 e. The molecule has 0 spiro atoms. The molecular formula is C22H25N3O2S. The largest absolute Gasteiger partial charge is 0.326 e. The first-order valence-corrected chi connectivity index (χ1v) is 10.8. The van der Waals surface area contributed by atoms with Crippen molar-refractivity contribution in [3.05, 3.63) is 56.4 Å². The van der Waals surface area contributed by atoms with E-state index in [0.29, 0.717) is 18.2 Å². The standard InChI is InChI=1S/C22H25N3O2S/c1-13(2)14-6-5-7-15(12-14)23-19(26)11-10-18-24-21(27)20-16-8-3-4-9-17(16)28-22(20)25-18/h5-7,12-13H,3-4,8-11H2,1-2H3,(H,23,26)(H,24,25,27). The molecule has 1 aromatic carbocycles. The van der Waals surface area contributed by atoms with Gasteiger partial charge in [0.25, 0.3) is 5.56 Å².